The van der Waals surface area contributed by atoms with Crippen molar-refractivity contribution in [3.05, 3.63) is 35.6 Å². The normalized spacial score (nSPS) is 15.5. The number of methoxy groups -OCH3 is 1. The van der Waals surface area contributed by atoms with Crippen LogP contribution in [0.15, 0.2) is 24.3 Å². The zero-order valence-electron chi connectivity index (χ0n) is 10.5. The molecule has 0 heterocycles. The van der Waals surface area contributed by atoms with Gasteiger partial charge in [-0.2, -0.15) is 0 Å². The molecule has 2 rings (SSSR count). The van der Waals surface area contributed by atoms with Crippen LogP contribution in [0.3, 0.4) is 0 Å². The van der Waals surface area contributed by atoms with E-state index in [1.165, 1.54) is 13.2 Å². The van der Waals surface area contributed by atoms with Gasteiger partial charge in [0.05, 0.1) is 12.6 Å². The van der Waals surface area contributed by atoms with Gasteiger partial charge in [-0.3, -0.25) is 4.79 Å². The largest absolute Gasteiger partial charge is 0.468 e. The first-order valence-electron chi connectivity index (χ1n) is 5.95. The second kappa shape index (κ2) is 5.26. The fraction of sp³-hybridized carbons (Fsp3) is 0.385. The number of ether oxygens (including phenoxy) is 1. The maximum absolute atomic E-state index is 13.7. The van der Waals surface area contributed by atoms with Crippen molar-refractivity contribution >= 4 is 12.0 Å². The van der Waals surface area contributed by atoms with Crippen molar-refractivity contribution in [2.45, 2.75) is 18.4 Å². The molecule has 0 aromatic heterocycles. The lowest BCUT2D eigenvalue weighted by atomic mass is 10.0. The molecule has 0 unspecified atom stereocenters. The van der Waals surface area contributed by atoms with E-state index in [-0.39, 0.29) is 12.4 Å². The number of nitrogens with one attached hydrogen (secondary N) is 2. The first-order valence-corrected chi connectivity index (χ1v) is 5.95. The van der Waals surface area contributed by atoms with Crippen molar-refractivity contribution in [3.63, 3.8) is 0 Å². The first kappa shape index (κ1) is 13.3. The molecule has 1 aliphatic carbocycles. The molecule has 1 aromatic carbocycles. The molecule has 6 heteroatoms. The number of hydrogen-bond donors (Lipinski definition) is 2. The molecule has 1 aromatic rings. The van der Waals surface area contributed by atoms with Crippen LogP contribution in [0.25, 0.3) is 0 Å². The molecule has 19 heavy (non-hydrogen) atoms. The number of esters is 1. The summed E-state index contributed by atoms with van der Waals surface area (Å²) < 4.78 is 18.1. The number of halogens is 1. The Bertz CT molecular complexity index is 500. The molecule has 2 amide bonds. The Morgan fingerprint density at radius 2 is 2.05 bits per heavy atom. The van der Waals surface area contributed by atoms with E-state index in [1.54, 1.807) is 18.2 Å². The van der Waals surface area contributed by atoms with Crippen LogP contribution in [0.1, 0.15) is 18.4 Å². The zero-order valence-corrected chi connectivity index (χ0v) is 10.5. The van der Waals surface area contributed by atoms with E-state index in [1.807, 2.05) is 0 Å². The van der Waals surface area contributed by atoms with Gasteiger partial charge in [-0.1, -0.05) is 18.2 Å². The van der Waals surface area contributed by atoms with Crippen molar-refractivity contribution in [3.8, 4) is 0 Å². The number of carbonyl (C=O) groups is 2. The highest BCUT2D eigenvalue weighted by Gasteiger charge is 2.47. The van der Waals surface area contributed by atoms with E-state index in [0.29, 0.717) is 18.4 Å². The fourth-order valence-corrected chi connectivity index (χ4v) is 1.92. The molecular formula is C13H15FN2O3. The summed E-state index contributed by atoms with van der Waals surface area (Å²) >= 11 is 0. The highest BCUT2D eigenvalue weighted by Crippen LogP contribution is 2.46. The molecular weight excluding hydrogens is 251 g/mol. The van der Waals surface area contributed by atoms with Crippen LogP contribution in [-0.2, 0) is 15.1 Å². The molecule has 0 saturated heterocycles. The number of hydrogen-bond acceptors (Lipinski definition) is 3. The predicted molar refractivity (Wildman–Crippen MR) is 65.9 cm³/mol. The standard InChI is InChI=1S/C13H15FN2O3/c1-19-11(17)8-15-12(18)16-13(6-7-13)9-4-2-3-5-10(9)14/h2-5H,6-8H2,1H3,(H2,15,16,18). The summed E-state index contributed by atoms with van der Waals surface area (Å²) in [7, 11) is 1.24. The third-order valence-corrected chi connectivity index (χ3v) is 3.11. The second-order valence-corrected chi connectivity index (χ2v) is 4.45. The predicted octanol–water partition coefficient (Wildman–Crippen LogP) is 1.29. The molecule has 102 valence electrons. The smallest absolute Gasteiger partial charge is 0.325 e. The summed E-state index contributed by atoms with van der Waals surface area (Å²) in [5.41, 5.74) is -0.172. The Morgan fingerprint density at radius 3 is 2.63 bits per heavy atom. The van der Waals surface area contributed by atoms with Crippen LogP contribution < -0.4 is 10.6 Å². The quantitative estimate of drug-likeness (QED) is 0.807. The molecule has 0 aliphatic heterocycles. The van der Waals surface area contributed by atoms with Gasteiger partial charge in [-0.25, -0.2) is 9.18 Å². The number of rotatable bonds is 4. The summed E-state index contributed by atoms with van der Waals surface area (Å²) in [5.74, 6) is -0.876. The monoisotopic (exact) mass is 266 g/mol. The van der Waals surface area contributed by atoms with Gasteiger partial charge in [-0.05, 0) is 18.9 Å². The third-order valence-electron chi connectivity index (χ3n) is 3.11. The third kappa shape index (κ3) is 3.01. The van der Waals surface area contributed by atoms with Crippen molar-refractivity contribution in [2.24, 2.45) is 0 Å². The lowest BCUT2D eigenvalue weighted by Crippen LogP contribution is -2.44. The molecule has 0 atom stereocenters. The van der Waals surface area contributed by atoms with Crippen molar-refractivity contribution in [2.75, 3.05) is 13.7 Å². The Labute approximate surface area is 110 Å². The Balaban J connectivity index is 1.97. The minimum atomic E-state index is -0.647. The molecule has 2 N–H and O–H groups in total. The fourth-order valence-electron chi connectivity index (χ4n) is 1.92. The zero-order chi connectivity index (χ0) is 13.9. The van der Waals surface area contributed by atoms with Gasteiger partial charge in [0.15, 0.2) is 0 Å². The van der Waals surface area contributed by atoms with Crippen LogP contribution in [0.2, 0.25) is 0 Å². The van der Waals surface area contributed by atoms with Crippen LogP contribution in [0.5, 0.6) is 0 Å². The first-order chi connectivity index (χ1) is 9.07. The Morgan fingerprint density at radius 1 is 1.37 bits per heavy atom. The summed E-state index contributed by atoms with van der Waals surface area (Å²) in [6.45, 7) is -0.213. The molecule has 5 nitrogen and oxygen atoms in total. The Hall–Kier alpha value is -2.11. The van der Waals surface area contributed by atoms with E-state index < -0.39 is 17.5 Å². The van der Waals surface area contributed by atoms with Crippen molar-refractivity contribution < 1.29 is 18.7 Å². The molecule has 0 spiro atoms. The molecule has 1 saturated carbocycles. The summed E-state index contributed by atoms with van der Waals surface area (Å²) in [4.78, 5) is 22.5. The summed E-state index contributed by atoms with van der Waals surface area (Å²) in [5, 5.41) is 5.08. The van der Waals surface area contributed by atoms with E-state index in [4.69, 9.17) is 0 Å². The van der Waals surface area contributed by atoms with Crippen molar-refractivity contribution in [1.82, 2.24) is 10.6 Å². The molecule has 0 radical (unpaired) electrons. The maximum Gasteiger partial charge on any atom is 0.325 e. The van der Waals surface area contributed by atoms with Gasteiger partial charge >= 0.3 is 12.0 Å². The van der Waals surface area contributed by atoms with E-state index in [0.717, 1.165) is 0 Å². The maximum atomic E-state index is 13.7. The molecule has 1 aliphatic rings. The average Bonchev–Trinajstić information content (AvgIpc) is 3.17. The molecule has 0 bridgehead atoms. The number of amides is 2. The highest BCUT2D eigenvalue weighted by molar-refractivity contribution is 5.81. The second-order valence-electron chi connectivity index (χ2n) is 4.45. The van der Waals surface area contributed by atoms with Crippen LogP contribution >= 0.6 is 0 Å². The highest BCUT2D eigenvalue weighted by atomic mass is 19.1. The summed E-state index contributed by atoms with van der Waals surface area (Å²) in [6, 6.07) is 5.84. The van der Waals surface area contributed by atoms with Gasteiger partial charge in [-0.15, -0.1) is 0 Å². The van der Waals surface area contributed by atoms with Crippen LogP contribution in [-0.4, -0.2) is 25.7 Å². The number of carbonyl (C=O) groups excluding carboxylic acids is 2. The van der Waals surface area contributed by atoms with Crippen LogP contribution in [0.4, 0.5) is 9.18 Å². The van der Waals surface area contributed by atoms with Gasteiger partial charge in [0.1, 0.15) is 12.4 Å². The number of benzene rings is 1. The van der Waals surface area contributed by atoms with Crippen molar-refractivity contribution in [1.29, 1.82) is 0 Å². The average molecular weight is 266 g/mol. The molecule has 1 fully saturated rings. The van der Waals surface area contributed by atoms with E-state index in [2.05, 4.69) is 15.4 Å². The summed E-state index contributed by atoms with van der Waals surface area (Å²) in [6.07, 6.45) is 1.36. The lowest BCUT2D eigenvalue weighted by molar-refractivity contribution is -0.139. The lowest BCUT2D eigenvalue weighted by Gasteiger charge is -2.18. The van der Waals surface area contributed by atoms with Gasteiger partial charge in [0.25, 0.3) is 0 Å². The minimum Gasteiger partial charge on any atom is -0.468 e. The van der Waals surface area contributed by atoms with Gasteiger partial charge in [0, 0.05) is 5.56 Å². The Kier molecular flexibility index (Phi) is 3.69. The number of urea groups is 1. The minimum absolute atomic E-state index is 0.213. The SMILES string of the molecule is COC(=O)CNC(=O)NC1(c2ccccc2F)CC1. The van der Waals surface area contributed by atoms with E-state index in [9.17, 15) is 14.0 Å². The van der Waals surface area contributed by atoms with Gasteiger partial charge in [0.2, 0.25) is 0 Å². The van der Waals surface area contributed by atoms with Gasteiger partial charge < -0.3 is 15.4 Å². The topological polar surface area (TPSA) is 67.4 Å². The van der Waals surface area contributed by atoms with Crippen LogP contribution in [0, 0.1) is 5.82 Å². The van der Waals surface area contributed by atoms with E-state index >= 15 is 0 Å².